The number of carboxylic acid groups (broad SMARTS) is 1. The number of aliphatic carboxylic acids is 1. The summed E-state index contributed by atoms with van der Waals surface area (Å²) in [5.74, 6) is -1.69. The van der Waals surface area contributed by atoms with E-state index in [2.05, 4.69) is 0 Å². The Hall–Kier alpha value is -1.15. The molecule has 7 nitrogen and oxygen atoms in total. The highest BCUT2D eigenvalue weighted by Crippen LogP contribution is 2.17. The second kappa shape index (κ2) is 7.03. The number of amides is 1. The maximum atomic E-state index is 12.1. The normalized spacial score (nSPS) is 23.3. The zero-order valence-corrected chi connectivity index (χ0v) is 12.6. The molecule has 0 aliphatic carbocycles. The van der Waals surface area contributed by atoms with Crippen LogP contribution in [0.2, 0.25) is 0 Å². The molecule has 1 aliphatic rings. The number of nitrogens with zero attached hydrogens (tertiary/aromatic N) is 1. The number of carboxylic acids is 1. The van der Waals surface area contributed by atoms with Gasteiger partial charge < -0.3 is 14.7 Å². The van der Waals surface area contributed by atoms with Gasteiger partial charge in [-0.05, 0) is 13.3 Å². The first kappa shape index (κ1) is 16.9. The van der Waals surface area contributed by atoms with Gasteiger partial charge in [0.05, 0.1) is 30.1 Å². The van der Waals surface area contributed by atoms with Gasteiger partial charge >= 0.3 is 5.97 Å². The Bertz CT molecular complexity index is 461. The van der Waals surface area contributed by atoms with Crippen molar-refractivity contribution in [2.45, 2.75) is 38.3 Å². The molecule has 8 heteroatoms. The molecule has 0 aromatic heterocycles. The SMILES string of the molecule is COC(C)CCC(=O)N1CCS(=O)(=O)CC1CC(=O)O. The lowest BCUT2D eigenvalue weighted by Crippen LogP contribution is -2.52. The van der Waals surface area contributed by atoms with Gasteiger partial charge in [0.25, 0.3) is 0 Å². The molecule has 116 valence electrons. The van der Waals surface area contributed by atoms with E-state index in [0.29, 0.717) is 6.42 Å². The first-order valence-electron chi connectivity index (χ1n) is 6.49. The number of hydrogen-bond donors (Lipinski definition) is 1. The van der Waals surface area contributed by atoms with E-state index in [1.807, 2.05) is 6.92 Å². The summed E-state index contributed by atoms with van der Waals surface area (Å²) in [6, 6.07) is -0.767. The summed E-state index contributed by atoms with van der Waals surface area (Å²) < 4.78 is 28.2. The Balaban J connectivity index is 2.69. The van der Waals surface area contributed by atoms with Gasteiger partial charge in [-0.3, -0.25) is 9.59 Å². The fourth-order valence-electron chi connectivity index (χ4n) is 2.17. The zero-order valence-electron chi connectivity index (χ0n) is 11.7. The van der Waals surface area contributed by atoms with Gasteiger partial charge in [-0.1, -0.05) is 0 Å². The van der Waals surface area contributed by atoms with Gasteiger partial charge in [-0.25, -0.2) is 8.42 Å². The Kier molecular flexibility index (Phi) is 5.94. The number of carbonyl (C=O) groups is 2. The number of methoxy groups -OCH3 is 1. The molecule has 0 spiro atoms. The molecule has 0 aromatic rings. The van der Waals surface area contributed by atoms with Crippen molar-refractivity contribution in [2.24, 2.45) is 0 Å². The van der Waals surface area contributed by atoms with Crippen molar-refractivity contribution in [3.05, 3.63) is 0 Å². The van der Waals surface area contributed by atoms with E-state index in [1.165, 1.54) is 4.90 Å². The van der Waals surface area contributed by atoms with Gasteiger partial charge in [-0.2, -0.15) is 0 Å². The van der Waals surface area contributed by atoms with Crippen LogP contribution in [0.25, 0.3) is 0 Å². The largest absolute Gasteiger partial charge is 0.481 e. The molecule has 0 bridgehead atoms. The van der Waals surface area contributed by atoms with E-state index in [9.17, 15) is 18.0 Å². The van der Waals surface area contributed by atoms with Crippen molar-refractivity contribution in [1.82, 2.24) is 4.90 Å². The predicted molar refractivity (Wildman–Crippen MR) is 72.1 cm³/mol. The van der Waals surface area contributed by atoms with Crippen molar-refractivity contribution >= 4 is 21.7 Å². The molecule has 1 fully saturated rings. The minimum atomic E-state index is -3.26. The summed E-state index contributed by atoms with van der Waals surface area (Å²) in [6.45, 7) is 1.91. The van der Waals surface area contributed by atoms with Crippen molar-refractivity contribution < 1.29 is 27.9 Å². The smallest absolute Gasteiger partial charge is 0.305 e. The number of sulfone groups is 1. The molecular weight excluding hydrogens is 286 g/mol. The molecule has 2 atom stereocenters. The lowest BCUT2D eigenvalue weighted by atomic mass is 10.1. The van der Waals surface area contributed by atoms with Gasteiger partial charge in [0.1, 0.15) is 0 Å². The van der Waals surface area contributed by atoms with Crippen LogP contribution in [0.4, 0.5) is 0 Å². The summed E-state index contributed by atoms with van der Waals surface area (Å²) in [4.78, 5) is 24.3. The average Bonchev–Trinajstić information content (AvgIpc) is 2.33. The van der Waals surface area contributed by atoms with Gasteiger partial charge in [0, 0.05) is 20.1 Å². The van der Waals surface area contributed by atoms with Crippen LogP contribution in [0.5, 0.6) is 0 Å². The highest BCUT2D eigenvalue weighted by Gasteiger charge is 2.35. The fourth-order valence-corrected chi connectivity index (χ4v) is 3.70. The highest BCUT2D eigenvalue weighted by molar-refractivity contribution is 7.91. The Morgan fingerprint density at radius 2 is 2.10 bits per heavy atom. The first-order chi connectivity index (χ1) is 9.25. The van der Waals surface area contributed by atoms with E-state index in [1.54, 1.807) is 7.11 Å². The molecule has 1 heterocycles. The predicted octanol–water partition coefficient (Wildman–Crippen LogP) is -0.0982. The molecule has 0 saturated carbocycles. The number of hydrogen-bond acceptors (Lipinski definition) is 5. The molecule has 1 aliphatic heterocycles. The molecule has 0 radical (unpaired) electrons. The third-order valence-corrected chi connectivity index (χ3v) is 5.13. The van der Waals surface area contributed by atoms with Crippen molar-refractivity contribution in [2.75, 3.05) is 25.2 Å². The van der Waals surface area contributed by atoms with Crippen LogP contribution in [0.3, 0.4) is 0 Å². The van der Waals surface area contributed by atoms with Gasteiger partial charge in [0.15, 0.2) is 9.84 Å². The monoisotopic (exact) mass is 307 g/mol. The van der Waals surface area contributed by atoms with Gasteiger partial charge in [0.2, 0.25) is 5.91 Å². The maximum Gasteiger partial charge on any atom is 0.305 e. The minimum absolute atomic E-state index is 0.0644. The first-order valence-corrected chi connectivity index (χ1v) is 8.32. The number of ether oxygens (including phenoxy) is 1. The van der Waals surface area contributed by atoms with E-state index >= 15 is 0 Å². The molecule has 1 saturated heterocycles. The lowest BCUT2D eigenvalue weighted by Gasteiger charge is -2.35. The van der Waals surface area contributed by atoms with Crippen LogP contribution in [0.15, 0.2) is 0 Å². The summed E-state index contributed by atoms with van der Waals surface area (Å²) in [7, 11) is -1.71. The van der Waals surface area contributed by atoms with E-state index in [4.69, 9.17) is 9.84 Å². The molecule has 1 rings (SSSR count). The van der Waals surface area contributed by atoms with E-state index < -0.39 is 21.8 Å². The quantitative estimate of drug-likeness (QED) is 0.735. The lowest BCUT2D eigenvalue weighted by molar-refractivity contribution is -0.140. The van der Waals surface area contributed by atoms with Gasteiger partial charge in [-0.15, -0.1) is 0 Å². The van der Waals surface area contributed by atoms with Crippen molar-refractivity contribution in [3.63, 3.8) is 0 Å². The molecule has 1 amide bonds. The van der Waals surface area contributed by atoms with E-state index in [0.717, 1.165) is 0 Å². The standard InChI is InChI=1S/C12H21NO6S/c1-9(19-2)3-4-11(14)13-5-6-20(17,18)8-10(13)7-12(15)16/h9-10H,3-8H2,1-2H3,(H,15,16). The third-order valence-electron chi connectivity index (χ3n) is 3.43. The molecule has 2 unspecified atom stereocenters. The topological polar surface area (TPSA) is 101 Å². The summed E-state index contributed by atoms with van der Waals surface area (Å²) in [5, 5.41) is 8.84. The van der Waals surface area contributed by atoms with Crippen LogP contribution in [-0.2, 0) is 24.2 Å². The molecule has 0 aromatic carbocycles. The maximum absolute atomic E-state index is 12.1. The second-order valence-corrected chi connectivity index (χ2v) is 7.27. The third kappa shape index (κ3) is 5.09. The Morgan fingerprint density at radius 1 is 1.45 bits per heavy atom. The highest BCUT2D eigenvalue weighted by atomic mass is 32.2. The van der Waals surface area contributed by atoms with Crippen LogP contribution < -0.4 is 0 Å². The Labute approximate surface area is 118 Å². The summed E-state index contributed by atoms with van der Waals surface area (Å²) in [6.07, 6.45) is 0.347. The van der Waals surface area contributed by atoms with Crippen molar-refractivity contribution in [1.29, 1.82) is 0 Å². The number of carbonyl (C=O) groups excluding carboxylic acids is 1. The van der Waals surface area contributed by atoms with Crippen LogP contribution in [-0.4, -0.2) is 67.6 Å². The summed E-state index contributed by atoms with van der Waals surface area (Å²) >= 11 is 0. The fraction of sp³-hybridized carbons (Fsp3) is 0.833. The average molecular weight is 307 g/mol. The Morgan fingerprint density at radius 3 is 2.65 bits per heavy atom. The number of rotatable bonds is 6. The minimum Gasteiger partial charge on any atom is -0.481 e. The van der Waals surface area contributed by atoms with E-state index in [-0.39, 0.29) is 42.9 Å². The summed E-state index contributed by atoms with van der Waals surface area (Å²) in [5.41, 5.74) is 0. The second-order valence-electron chi connectivity index (χ2n) is 5.04. The zero-order chi connectivity index (χ0) is 15.3. The van der Waals surface area contributed by atoms with Crippen LogP contribution >= 0.6 is 0 Å². The molecule has 20 heavy (non-hydrogen) atoms. The van der Waals surface area contributed by atoms with Crippen molar-refractivity contribution in [3.8, 4) is 0 Å². The molecular formula is C12H21NO6S. The molecule has 1 N–H and O–H groups in total. The van der Waals surface area contributed by atoms with Crippen LogP contribution in [0, 0.1) is 0 Å². The van der Waals surface area contributed by atoms with Crippen LogP contribution in [0.1, 0.15) is 26.2 Å².